The van der Waals surface area contributed by atoms with Crippen LogP contribution in [0.1, 0.15) is 18.9 Å². The van der Waals surface area contributed by atoms with Gasteiger partial charge in [-0.15, -0.1) is 0 Å². The summed E-state index contributed by atoms with van der Waals surface area (Å²) >= 11 is 0. The molecule has 0 radical (unpaired) electrons. The van der Waals surface area contributed by atoms with E-state index in [1.54, 1.807) is 6.08 Å². The zero-order valence-electron chi connectivity index (χ0n) is 14.7. The van der Waals surface area contributed by atoms with Gasteiger partial charge in [0.1, 0.15) is 12.4 Å². The van der Waals surface area contributed by atoms with Crippen molar-refractivity contribution in [2.24, 2.45) is 10.9 Å². The van der Waals surface area contributed by atoms with Gasteiger partial charge in [0, 0.05) is 18.7 Å². The van der Waals surface area contributed by atoms with E-state index in [1.807, 2.05) is 31.2 Å². The number of benzene rings is 1. The average molecular weight is 365 g/mol. The molecule has 0 spiro atoms. The first-order valence-electron chi connectivity index (χ1n) is 8.58. The highest BCUT2D eigenvalue weighted by molar-refractivity contribution is 7.91. The first kappa shape index (κ1) is 19.3. The number of rotatable bonds is 8. The number of para-hydroxylation sites is 1. The van der Waals surface area contributed by atoms with Crippen LogP contribution in [-0.2, 0) is 16.4 Å². The van der Waals surface area contributed by atoms with Crippen molar-refractivity contribution in [2.45, 2.75) is 19.9 Å². The molecule has 0 aliphatic carbocycles. The molecule has 0 bridgehead atoms. The van der Waals surface area contributed by atoms with Crippen molar-refractivity contribution in [1.82, 2.24) is 10.6 Å². The summed E-state index contributed by atoms with van der Waals surface area (Å²) in [6.07, 6.45) is 2.42. The number of aliphatic imine (C=N–C) groups is 1. The molecule has 2 rings (SSSR count). The molecule has 7 heteroatoms. The second-order valence-electron chi connectivity index (χ2n) is 6.05. The van der Waals surface area contributed by atoms with Crippen LogP contribution in [0.3, 0.4) is 0 Å². The third kappa shape index (κ3) is 6.42. The third-order valence-corrected chi connectivity index (χ3v) is 5.80. The number of hydrogen-bond acceptors (Lipinski definition) is 4. The smallest absolute Gasteiger partial charge is 0.191 e. The number of hydrogen-bond donors (Lipinski definition) is 2. The monoisotopic (exact) mass is 365 g/mol. The van der Waals surface area contributed by atoms with Crippen molar-refractivity contribution >= 4 is 15.8 Å². The van der Waals surface area contributed by atoms with E-state index in [0.717, 1.165) is 17.9 Å². The van der Waals surface area contributed by atoms with Crippen molar-refractivity contribution in [3.8, 4) is 5.75 Å². The second-order valence-corrected chi connectivity index (χ2v) is 8.28. The van der Waals surface area contributed by atoms with Gasteiger partial charge in [-0.2, -0.15) is 0 Å². The lowest BCUT2D eigenvalue weighted by Crippen LogP contribution is -2.40. The predicted molar refractivity (Wildman–Crippen MR) is 102 cm³/mol. The highest BCUT2D eigenvalue weighted by Gasteiger charge is 2.27. The van der Waals surface area contributed by atoms with Gasteiger partial charge >= 0.3 is 0 Å². The number of sulfone groups is 1. The van der Waals surface area contributed by atoms with E-state index in [1.165, 1.54) is 0 Å². The number of nitrogens with one attached hydrogen (secondary N) is 2. The quantitative estimate of drug-likeness (QED) is 0.417. The Hall–Kier alpha value is -2.02. The second kappa shape index (κ2) is 9.46. The highest BCUT2D eigenvalue weighted by atomic mass is 32.2. The van der Waals surface area contributed by atoms with E-state index < -0.39 is 9.84 Å². The number of nitrogens with zero attached hydrogens (tertiary/aromatic N) is 1. The molecule has 0 saturated carbocycles. The SMILES string of the molecule is C=CCOc1ccccc1CN=C(NCC)NCC1CCS(=O)(=O)C1. The molecule has 1 heterocycles. The van der Waals surface area contributed by atoms with Crippen molar-refractivity contribution in [3.05, 3.63) is 42.5 Å². The Bertz CT molecular complexity index is 701. The summed E-state index contributed by atoms with van der Waals surface area (Å²) in [4.78, 5) is 4.59. The molecule has 6 nitrogen and oxygen atoms in total. The Morgan fingerprint density at radius 1 is 1.40 bits per heavy atom. The standard InChI is InChI=1S/C18H27N3O3S/c1-3-10-24-17-8-6-5-7-16(17)13-21-18(19-4-2)20-12-15-9-11-25(22,23)14-15/h3,5-8,15H,1,4,9-14H2,2H3,(H2,19,20,21). The van der Waals surface area contributed by atoms with Crippen LogP contribution in [0, 0.1) is 5.92 Å². The first-order valence-corrected chi connectivity index (χ1v) is 10.4. The normalized spacial score (nSPS) is 19.4. The van der Waals surface area contributed by atoms with Crippen LogP contribution >= 0.6 is 0 Å². The van der Waals surface area contributed by atoms with Crippen molar-refractivity contribution < 1.29 is 13.2 Å². The summed E-state index contributed by atoms with van der Waals surface area (Å²) in [6, 6.07) is 7.78. The van der Waals surface area contributed by atoms with Gasteiger partial charge in [-0.05, 0) is 25.3 Å². The van der Waals surface area contributed by atoms with E-state index in [2.05, 4.69) is 22.2 Å². The summed E-state index contributed by atoms with van der Waals surface area (Å²) in [5.41, 5.74) is 0.991. The molecule has 1 aliphatic rings. The van der Waals surface area contributed by atoms with Gasteiger partial charge in [0.05, 0.1) is 18.1 Å². The maximum Gasteiger partial charge on any atom is 0.191 e. The maximum atomic E-state index is 11.6. The molecule has 1 aromatic carbocycles. The Morgan fingerprint density at radius 2 is 2.20 bits per heavy atom. The van der Waals surface area contributed by atoms with E-state index in [9.17, 15) is 8.42 Å². The summed E-state index contributed by atoms with van der Waals surface area (Å²) in [6.45, 7) is 7.94. The fourth-order valence-electron chi connectivity index (χ4n) is 2.70. The molecular weight excluding hydrogens is 338 g/mol. The van der Waals surface area contributed by atoms with Gasteiger partial charge in [0.2, 0.25) is 0 Å². The highest BCUT2D eigenvalue weighted by Crippen LogP contribution is 2.19. The molecule has 0 amide bonds. The summed E-state index contributed by atoms with van der Waals surface area (Å²) < 4.78 is 28.8. The van der Waals surface area contributed by atoms with Crippen LogP contribution in [0.25, 0.3) is 0 Å². The van der Waals surface area contributed by atoms with Crippen LogP contribution in [0.4, 0.5) is 0 Å². The van der Waals surface area contributed by atoms with E-state index >= 15 is 0 Å². The molecule has 138 valence electrons. The summed E-state index contributed by atoms with van der Waals surface area (Å²) in [7, 11) is -2.85. The Balaban J connectivity index is 1.96. The third-order valence-electron chi connectivity index (χ3n) is 3.97. The van der Waals surface area contributed by atoms with Gasteiger partial charge in [-0.1, -0.05) is 30.9 Å². The molecule has 1 aromatic rings. The molecule has 2 N–H and O–H groups in total. The number of ether oxygens (including phenoxy) is 1. The van der Waals surface area contributed by atoms with Gasteiger partial charge in [-0.25, -0.2) is 13.4 Å². The lowest BCUT2D eigenvalue weighted by molar-refractivity contribution is 0.359. The zero-order chi connectivity index (χ0) is 18.1. The topological polar surface area (TPSA) is 79.8 Å². The average Bonchev–Trinajstić information content (AvgIpc) is 2.95. The van der Waals surface area contributed by atoms with Gasteiger partial charge in [0.15, 0.2) is 15.8 Å². The van der Waals surface area contributed by atoms with Crippen LogP contribution in [0.15, 0.2) is 41.9 Å². The van der Waals surface area contributed by atoms with E-state index in [4.69, 9.17) is 4.74 Å². The van der Waals surface area contributed by atoms with Gasteiger partial charge in [-0.3, -0.25) is 0 Å². The fraction of sp³-hybridized carbons (Fsp3) is 0.500. The fourth-order valence-corrected chi connectivity index (χ4v) is 4.57. The number of guanidine groups is 1. The van der Waals surface area contributed by atoms with E-state index in [-0.39, 0.29) is 11.7 Å². The minimum absolute atomic E-state index is 0.150. The van der Waals surface area contributed by atoms with Gasteiger partial charge in [0.25, 0.3) is 0 Å². The Morgan fingerprint density at radius 3 is 2.88 bits per heavy atom. The first-order chi connectivity index (χ1) is 12.0. The Labute approximate surface area is 150 Å². The summed E-state index contributed by atoms with van der Waals surface area (Å²) in [5, 5.41) is 6.44. The van der Waals surface area contributed by atoms with Crippen molar-refractivity contribution in [1.29, 1.82) is 0 Å². The molecule has 1 unspecified atom stereocenters. The van der Waals surface area contributed by atoms with Crippen molar-refractivity contribution in [3.63, 3.8) is 0 Å². The van der Waals surface area contributed by atoms with Gasteiger partial charge < -0.3 is 15.4 Å². The minimum atomic E-state index is -2.85. The van der Waals surface area contributed by atoms with Crippen LogP contribution < -0.4 is 15.4 Å². The van der Waals surface area contributed by atoms with E-state index in [0.29, 0.717) is 37.8 Å². The molecule has 1 atom stereocenters. The molecule has 1 aliphatic heterocycles. The minimum Gasteiger partial charge on any atom is -0.489 e. The molecular formula is C18H27N3O3S. The summed E-state index contributed by atoms with van der Waals surface area (Å²) in [5.74, 6) is 2.19. The lowest BCUT2D eigenvalue weighted by atomic mass is 10.1. The molecule has 0 aromatic heterocycles. The zero-order valence-corrected chi connectivity index (χ0v) is 15.5. The molecule has 1 fully saturated rings. The van der Waals surface area contributed by atoms with Crippen molar-refractivity contribution in [2.75, 3.05) is 31.2 Å². The van der Waals surface area contributed by atoms with Crippen LogP contribution in [0.5, 0.6) is 5.75 Å². The molecule has 1 saturated heterocycles. The maximum absolute atomic E-state index is 11.6. The lowest BCUT2D eigenvalue weighted by Gasteiger charge is -2.15. The molecule has 25 heavy (non-hydrogen) atoms. The largest absolute Gasteiger partial charge is 0.489 e. The van der Waals surface area contributed by atoms with Crippen LogP contribution in [0.2, 0.25) is 0 Å². The predicted octanol–water partition coefficient (Wildman–Crippen LogP) is 1.74. The van der Waals surface area contributed by atoms with Crippen LogP contribution in [-0.4, -0.2) is 45.6 Å². The Kier molecular flexibility index (Phi) is 7.31.